The lowest BCUT2D eigenvalue weighted by Gasteiger charge is -2.36. The summed E-state index contributed by atoms with van der Waals surface area (Å²) < 4.78 is 28.7. The van der Waals surface area contributed by atoms with Crippen LogP contribution in [0.5, 0.6) is 0 Å². The van der Waals surface area contributed by atoms with E-state index < -0.39 is 11.5 Å². The Balaban J connectivity index is 1.88. The highest BCUT2D eigenvalue weighted by atomic mass is 32.2. The number of fused-ring (bicyclic) bond motifs is 1. The van der Waals surface area contributed by atoms with Gasteiger partial charge in [-0.2, -0.15) is 4.39 Å². The highest BCUT2D eigenvalue weighted by molar-refractivity contribution is 8.13. The minimum absolute atomic E-state index is 0.262. The number of aliphatic imine (C=N–C) groups is 1. The number of benzene rings is 1. The van der Waals surface area contributed by atoms with Gasteiger partial charge in [-0.25, -0.2) is 9.37 Å². The summed E-state index contributed by atoms with van der Waals surface area (Å²) in [6.45, 7) is 0. The van der Waals surface area contributed by atoms with Gasteiger partial charge in [0.25, 0.3) is 0 Å². The van der Waals surface area contributed by atoms with E-state index in [-0.39, 0.29) is 11.7 Å². The van der Waals surface area contributed by atoms with E-state index in [0.29, 0.717) is 21.9 Å². The molecule has 4 rings (SSSR count). The fraction of sp³-hybridized carbons (Fsp3) is 0.333. The third kappa shape index (κ3) is 2.40. The first-order chi connectivity index (χ1) is 11.6. The topological polar surface area (TPSA) is 51.3 Å². The Kier molecular flexibility index (Phi) is 3.79. The SMILES string of the molecule is NC1=N[C@@]2(c3cc(-c4cccnc4F)ccc3F)CCC[C@H]2CS1. The second kappa shape index (κ2) is 5.84. The zero-order chi connectivity index (χ0) is 16.7. The summed E-state index contributed by atoms with van der Waals surface area (Å²) >= 11 is 1.53. The molecular weight excluding hydrogens is 328 g/mol. The van der Waals surface area contributed by atoms with Crippen LogP contribution in [0, 0.1) is 17.7 Å². The van der Waals surface area contributed by atoms with Crippen LogP contribution >= 0.6 is 11.8 Å². The molecule has 0 amide bonds. The predicted molar refractivity (Wildman–Crippen MR) is 92.7 cm³/mol. The van der Waals surface area contributed by atoms with Gasteiger partial charge in [0.15, 0.2) is 5.17 Å². The maximum absolute atomic E-state index is 14.7. The number of hydrogen-bond donors (Lipinski definition) is 1. The van der Waals surface area contributed by atoms with Gasteiger partial charge in [-0.1, -0.05) is 24.2 Å². The van der Waals surface area contributed by atoms with Gasteiger partial charge in [0.2, 0.25) is 5.95 Å². The van der Waals surface area contributed by atoms with Crippen LogP contribution in [-0.2, 0) is 5.54 Å². The van der Waals surface area contributed by atoms with Crippen molar-refractivity contribution in [3.05, 3.63) is 53.9 Å². The molecule has 3 nitrogen and oxygen atoms in total. The van der Waals surface area contributed by atoms with Crippen LogP contribution in [0.25, 0.3) is 11.1 Å². The number of halogens is 2. The molecule has 0 bridgehead atoms. The Hall–Kier alpha value is -1.95. The third-order valence-corrected chi connectivity index (χ3v) is 5.99. The molecule has 1 aliphatic heterocycles. The minimum atomic E-state index is -0.617. The van der Waals surface area contributed by atoms with Crippen LogP contribution in [0.2, 0.25) is 0 Å². The second-order valence-corrected chi connectivity index (χ2v) is 7.35. The zero-order valence-corrected chi connectivity index (χ0v) is 13.8. The lowest BCUT2D eigenvalue weighted by Crippen LogP contribution is -2.37. The summed E-state index contributed by atoms with van der Waals surface area (Å²) in [6.07, 6.45) is 4.18. The van der Waals surface area contributed by atoms with Crippen molar-refractivity contribution in [3.63, 3.8) is 0 Å². The number of amidine groups is 1. The maximum Gasteiger partial charge on any atom is 0.220 e. The van der Waals surface area contributed by atoms with E-state index in [0.717, 1.165) is 25.0 Å². The number of thioether (sulfide) groups is 1. The molecule has 1 aromatic heterocycles. The number of pyridine rings is 1. The molecule has 1 aromatic carbocycles. The normalized spacial score (nSPS) is 26.1. The Labute approximate surface area is 143 Å². The lowest BCUT2D eigenvalue weighted by atomic mass is 9.80. The molecule has 2 aliphatic rings. The molecule has 2 aromatic rings. The van der Waals surface area contributed by atoms with Crippen LogP contribution in [-0.4, -0.2) is 15.9 Å². The molecule has 124 valence electrons. The predicted octanol–water partition coefficient (Wildman–Crippen LogP) is 4.08. The molecule has 0 spiro atoms. The van der Waals surface area contributed by atoms with Crippen molar-refractivity contribution in [2.75, 3.05) is 5.75 Å². The van der Waals surface area contributed by atoms with Crippen LogP contribution in [0.3, 0.4) is 0 Å². The summed E-state index contributed by atoms with van der Waals surface area (Å²) in [7, 11) is 0. The van der Waals surface area contributed by atoms with E-state index in [1.54, 1.807) is 24.3 Å². The monoisotopic (exact) mass is 345 g/mol. The molecule has 6 heteroatoms. The molecule has 24 heavy (non-hydrogen) atoms. The average molecular weight is 345 g/mol. The molecule has 0 saturated heterocycles. The van der Waals surface area contributed by atoms with Gasteiger partial charge in [-0.05, 0) is 48.6 Å². The molecular formula is C18H17F2N3S. The van der Waals surface area contributed by atoms with Crippen molar-refractivity contribution >= 4 is 16.9 Å². The largest absolute Gasteiger partial charge is 0.379 e. The van der Waals surface area contributed by atoms with E-state index in [9.17, 15) is 8.78 Å². The summed E-state index contributed by atoms with van der Waals surface area (Å²) in [4.78, 5) is 8.36. The first kappa shape index (κ1) is 15.6. The number of hydrogen-bond acceptors (Lipinski definition) is 4. The Morgan fingerprint density at radius 1 is 1.25 bits per heavy atom. The first-order valence-corrected chi connectivity index (χ1v) is 8.98. The number of rotatable bonds is 2. The smallest absolute Gasteiger partial charge is 0.220 e. The van der Waals surface area contributed by atoms with Crippen molar-refractivity contribution in [3.8, 4) is 11.1 Å². The van der Waals surface area contributed by atoms with Gasteiger partial charge in [0.05, 0.1) is 5.54 Å². The number of nitrogens with zero attached hydrogens (tertiary/aromatic N) is 2. The molecule has 2 heterocycles. The van der Waals surface area contributed by atoms with E-state index in [2.05, 4.69) is 9.98 Å². The van der Waals surface area contributed by atoms with Crippen molar-refractivity contribution in [1.82, 2.24) is 4.98 Å². The molecule has 0 radical (unpaired) electrons. The van der Waals surface area contributed by atoms with E-state index in [1.165, 1.54) is 24.0 Å². The van der Waals surface area contributed by atoms with Crippen LogP contribution < -0.4 is 5.73 Å². The first-order valence-electron chi connectivity index (χ1n) is 7.99. The molecule has 1 saturated carbocycles. The van der Waals surface area contributed by atoms with Crippen molar-refractivity contribution in [2.24, 2.45) is 16.6 Å². The van der Waals surface area contributed by atoms with Crippen molar-refractivity contribution in [2.45, 2.75) is 24.8 Å². The molecule has 2 N–H and O–H groups in total. The molecule has 0 unspecified atom stereocenters. The van der Waals surface area contributed by atoms with Gasteiger partial charge >= 0.3 is 0 Å². The van der Waals surface area contributed by atoms with Crippen molar-refractivity contribution < 1.29 is 8.78 Å². The Morgan fingerprint density at radius 2 is 2.12 bits per heavy atom. The number of aromatic nitrogens is 1. The second-order valence-electron chi connectivity index (χ2n) is 6.31. The van der Waals surface area contributed by atoms with Crippen LogP contribution in [0.4, 0.5) is 8.78 Å². The standard InChI is InChI=1S/C18H17F2N3S/c19-15-6-5-11(13-4-2-8-22-16(13)20)9-14(15)18-7-1-3-12(18)10-24-17(21)23-18/h2,4-6,8-9,12H,1,3,7,10H2,(H2,21,23)/t12-,18-/m0/s1. The van der Waals surface area contributed by atoms with E-state index >= 15 is 0 Å². The van der Waals surface area contributed by atoms with Crippen molar-refractivity contribution in [1.29, 1.82) is 0 Å². The zero-order valence-electron chi connectivity index (χ0n) is 13.0. The van der Waals surface area contributed by atoms with Gasteiger partial charge in [-0.15, -0.1) is 0 Å². The fourth-order valence-electron chi connectivity index (χ4n) is 3.88. The van der Waals surface area contributed by atoms with Gasteiger partial charge in [-0.3, -0.25) is 4.99 Å². The number of nitrogens with two attached hydrogens (primary N) is 1. The lowest BCUT2D eigenvalue weighted by molar-refractivity contribution is 0.341. The molecule has 1 aliphatic carbocycles. The van der Waals surface area contributed by atoms with Crippen LogP contribution in [0.1, 0.15) is 24.8 Å². The van der Waals surface area contributed by atoms with Gasteiger partial charge < -0.3 is 5.73 Å². The summed E-state index contributed by atoms with van der Waals surface area (Å²) in [5.41, 5.74) is 6.84. The maximum atomic E-state index is 14.7. The fourth-order valence-corrected chi connectivity index (χ4v) is 4.93. The van der Waals surface area contributed by atoms with Gasteiger partial charge in [0, 0.05) is 23.1 Å². The van der Waals surface area contributed by atoms with E-state index in [4.69, 9.17) is 5.73 Å². The average Bonchev–Trinajstić information content (AvgIpc) is 3.00. The summed E-state index contributed by atoms with van der Waals surface area (Å²) in [5, 5.41) is 0.505. The van der Waals surface area contributed by atoms with Gasteiger partial charge in [0.1, 0.15) is 5.82 Å². The summed E-state index contributed by atoms with van der Waals surface area (Å²) in [6, 6.07) is 8.03. The Morgan fingerprint density at radius 3 is 2.96 bits per heavy atom. The highest BCUT2D eigenvalue weighted by Crippen LogP contribution is 2.51. The van der Waals surface area contributed by atoms with E-state index in [1.807, 2.05) is 0 Å². The third-order valence-electron chi connectivity index (χ3n) is 5.03. The minimum Gasteiger partial charge on any atom is -0.379 e. The molecule has 2 atom stereocenters. The van der Waals surface area contributed by atoms with Crippen LogP contribution in [0.15, 0.2) is 41.5 Å². The Bertz CT molecular complexity index is 824. The highest BCUT2D eigenvalue weighted by Gasteiger charge is 2.48. The quantitative estimate of drug-likeness (QED) is 0.834. The summed E-state index contributed by atoms with van der Waals surface area (Å²) in [5.74, 6) is 0.245. The molecule has 1 fully saturated rings.